The Morgan fingerprint density at radius 2 is 2.16 bits per heavy atom. The summed E-state index contributed by atoms with van der Waals surface area (Å²) in [5, 5.41) is 16.8. The molecule has 19 heavy (non-hydrogen) atoms. The highest BCUT2D eigenvalue weighted by Gasteiger charge is 2.21. The number of carboxylic acid groups (broad SMARTS) is 1. The maximum absolute atomic E-state index is 13.5. The van der Waals surface area contributed by atoms with Crippen molar-refractivity contribution in [2.75, 3.05) is 0 Å². The Labute approximate surface area is 109 Å². The summed E-state index contributed by atoms with van der Waals surface area (Å²) in [6.07, 6.45) is 2.04. The van der Waals surface area contributed by atoms with Gasteiger partial charge < -0.3 is 5.11 Å². The fraction of sp³-hybridized carbons (Fsp3) is 0.308. The van der Waals surface area contributed by atoms with Crippen molar-refractivity contribution in [3.8, 4) is 0 Å². The van der Waals surface area contributed by atoms with Crippen molar-refractivity contribution in [3.05, 3.63) is 47.5 Å². The summed E-state index contributed by atoms with van der Waals surface area (Å²) in [6.45, 7) is 0. The number of rotatable bonds is 5. The zero-order chi connectivity index (χ0) is 13.8. The van der Waals surface area contributed by atoms with E-state index in [9.17, 15) is 14.3 Å². The number of hydrogen-bond donors (Lipinski definition) is 1. The van der Waals surface area contributed by atoms with E-state index in [2.05, 4.69) is 10.3 Å². The summed E-state index contributed by atoms with van der Waals surface area (Å²) < 4.78 is 15.0. The normalized spacial score (nSPS) is 12.3. The molecule has 0 amide bonds. The molecule has 2 rings (SSSR count). The molecule has 0 radical (unpaired) electrons. The molecule has 5 nitrogen and oxygen atoms in total. The van der Waals surface area contributed by atoms with Gasteiger partial charge in [-0.2, -0.15) is 0 Å². The van der Waals surface area contributed by atoms with Gasteiger partial charge in [0.1, 0.15) is 5.82 Å². The predicted molar refractivity (Wildman–Crippen MR) is 65.9 cm³/mol. The van der Waals surface area contributed by atoms with Crippen molar-refractivity contribution in [3.63, 3.8) is 0 Å². The summed E-state index contributed by atoms with van der Waals surface area (Å²) in [4.78, 5) is 11.2. The third-order valence-corrected chi connectivity index (χ3v) is 2.88. The predicted octanol–water partition coefficient (Wildman–Crippen LogP) is 1.44. The summed E-state index contributed by atoms with van der Waals surface area (Å²) in [6, 6.07) is 6.20. The van der Waals surface area contributed by atoms with E-state index in [4.69, 9.17) is 0 Å². The van der Waals surface area contributed by atoms with Gasteiger partial charge in [0, 0.05) is 19.7 Å². The second kappa shape index (κ2) is 5.60. The minimum atomic E-state index is -0.964. The molecular weight excluding hydrogens is 249 g/mol. The third kappa shape index (κ3) is 3.37. The van der Waals surface area contributed by atoms with Crippen molar-refractivity contribution in [2.45, 2.75) is 12.8 Å². The Kier molecular flexibility index (Phi) is 3.89. The lowest BCUT2D eigenvalue weighted by molar-refractivity contribution is -0.141. The summed E-state index contributed by atoms with van der Waals surface area (Å²) in [5.41, 5.74) is 0.991. The van der Waals surface area contributed by atoms with E-state index < -0.39 is 11.9 Å². The number of benzene rings is 1. The second-order valence-corrected chi connectivity index (χ2v) is 4.42. The standard InChI is InChI=1S/C13H14FN3O2/c1-17-8-11(15-16-17)7-10(13(18)19)6-9-4-2-3-5-12(9)14/h2-5,8,10H,6-7H2,1H3,(H,18,19). The molecule has 100 valence electrons. The lowest BCUT2D eigenvalue weighted by Gasteiger charge is -2.11. The topological polar surface area (TPSA) is 68.0 Å². The van der Waals surface area contributed by atoms with Crippen LogP contribution in [0, 0.1) is 11.7 Å². The molecule has 1 atom stereocenters. The van der Waals surface area contributed by atoms with Crippen molar-refractivity contribution in [2.24, 2.45) is 13.0 Å². The van der Waals surface area contributed by atoms with Crippen LogP contribution in [0.3, 0.4) is 0 Å². The van der Waals surface area contributed by atoms with E-state index in [1.165, 1.54) is 10.7 Å². The first-order chi connectivity index (χ1) is 9.06. The molecule has 0 fully saturated rings. The van der Waals surface area contributed by atoms with E-state index in [0.717, 1.165) is 0 Å². The van der Waals surface area contributed by atoms with Gasteiger partial charge >= 0.3 is 5.97 Å². The molecule has 2 aromatic rings. The second-order valence-electron chi connectivity index (χ2n) is 4.42. The molecule has 1 N–H and O–H groups in total. The van der Waals surface area contributed by atoms with Crippen molar-refractivity contribution in [1.82, 2.24) is 15.0 Å². The zero-order valence-electron chi connectivity index (χ0n) is 10.5. The van der Waals surface area contributed by atoms with Gasteiger partial charge in [0.2, 0.25) is 0 Å². The first-order valence-electron chi connectivity index (χ1n) is 5.87. The molecule has 1 heterocycles. The van der Waals surface area contributed by atoms with Gasteiger partial charge in [0.25, 0.3) is 0 Å². The molecule has 0 aliphatic heterocycles. The van der Waals surface area contributed by atoms with Gasteiger partial charge in [-0.15, -0.1) is 5.10 Å². The number of aromatic nitrogens is 3. The van der Waals surface area contributed by atoms with Gasteiger partial charge in [-0.3, -0.25) is 9.48 Å². The Balaban J connectivity index is 2.13. The van der Waals surface area contributed by atoms with Crippen LogP contribution in [-0.2, 0) is 24.7 Å². The number of carbonyl (C=O) groups is 1. The minimum Gasteiger partial charge on any atom is -0.481 e. The highest BCUT2D eigenvalue weighted by molar-refractivity contribution is 5.70. The molecule has 0 spiro atoms. The smallest absolute Gasteiger partial charge is 0.307 e. The molecule has 0 bridgehead atoms. The quantitative estimate of drug-likeness (QED) is 0.886. The van der Waals surface area contributed by atoms with Gasteiger partial charge in [-0.05, 0) is 18.1 Å². The van der Waals surface area contributed by atoms with Crippen LogP contribution in [0.4, 0.5) is 4.39 Å². The number of halogens is 1. The SMILES string of the molecule is Cn1cc(CC(Cc2ccccc2F)C(=O)O)nn1. The maximum Gasteiger partial charge on any atom is 0.307 e. The Morgan fingerprint density at radius 3 is 2.74 bits per heavy atom. The molecule has 0 saturated heterocycles. The number of carboxylic acids is 1. The maximum atomic E-state index is 13.5. The molecule has 1 unspecified atom stereocenters. The van der Waals surface area contributed by atoms with Gasteiger partial charge in [-0.25, -0.2) is 4.39 Å². The fourth-order valence-corrected chi connectivity index (χ4v) is 1.92. The zero-order valence-corrected chi connectivity index (χ0v) is 10.5. The van der Waals surface area contributed by atoms with Crippen LogP contribution in [0.2, 0.25) is 0 Å². The van der Waals surface area contributed by atoms with Crippen LogP contribution in [0.5, 0.6) is 0 Å². The van der Waals surface area contributed by atoms with Gasteiger partial charge in [0.15, 0.2) is 0 Å². The van der Waals surface area contributed by atoms with Crippen molar-refractivity contribution < 1.29 is 14.3 Å². The highest BCUT2D eigenvalue weighted by atomic mass is 19.1. The summed E-state index contributed by atoms with van der Waals surface area (Å²) in [5.74, 6) is -2.06. The Morgan fingerprint density at radius 1 is 1.42 bits per heavy atom. The van der Waals surface area contributed by atoms with Crippen LogP contribution in [0.15, 0.2) is 30.5 Å². The van der Waals surface area contributed by atoms with Crippen LogP contribution < -0.4 is 0 Å². The van der Waals surface area contributed by atoms with Crippen LogP contribution in [-0.4, -0.2) is 26.1 Å². The number of hydrogen-bond acceptors (Lipinski definition) is 3. The lowest BCUT2D eigenvalue weighted by Crippen LogP contribution is -2.20. The number of nitrogens with zero attached hydrogens (tertiary/aromatic N) is 3. The number of aryl methyl sites for hydroxylation is 1. The van der Waals surface area contributed by atoms with Crippen molar-refractivity contribution >= 4 is 5.97 Å². The molecule has 0 aliphatic carbocycles. The first-order valence-corrected chi connectivity index (χ1v) is 5.87. The van der Waals surface area contributed by atoms with Gasteiger partial charge in [0.05, 0.1) is 11.6 Å². The van der Waals surface area contributed by atoms with E-state index in [-0.39, 0.29) is 18.7 Å². The molecule has 0 saturated carbocycles. The monoisotopic (exact) mass is 263 g/mol. The average Bonchev–Trinajstić information content (AvgIpc) is 2.76. The molecule has 0 aliphatic rings. The van der Waals surface area contributed by atoms with E-state index in [1.54, 1.807) is 31.4 Å². The van der Waals surface area contributed by atoms with Crippen LogP contribution in [0.25, 0.3) is 0 Å². The molecule has 6 heteroatoms. The lowest BCUT2D eigenvalue weighted by atomic mass is 9.95. The molecular formula is C13H14FN3O2. The average molecular weight is 263 g/mol. The first kappa shape index (κ1) is 13.2. The van der Waals surface area contributed by atoms with E-state index in [0.29, 0.717) is 11.3 Å². The van der Waals surface area contributed by atoms with Gasteiger partial charge in [-0.1, -0.05) is 23.4 Å². The minimum absolute atomic E-state index is 0.137. The highest BCUT2D eigenvalue weighted by Crippen LogP contribution is 2.16. The Bertz CT molecular complexity index is 583. The third-order valence-electron chi connectivity index (χ3n) is 2.88. The molecule has 1 aromatic carbocycles. The Hall–Kier alpha value is -2.24. The number of aliphatic carboxylic acids is 1. The van der Waals surface area contributed by atoms with E-state index in [1.807, 2.05) is 0 Å². The molecule has 1 aromatic heterocycles. The summed E-state index contributed by atoms with van der Waals surface area (Å²) in [7, 11) is 1.71. The van der Waals surface area contributed by atoms with E-state index >= 15 is 0 Å². The fourth-order valence-electron chi connectivity index (χ4n) is 1.92. The van der Waals surface area contributed by atoms with Crippen LogP contribution in [0.1, 0.15) is 11.3 Å². The summed E-state index contributed by atoms with van der Waals surface area (Å²) >= 11 is 0. The largest absolute Gasteiger partial charge is 0.481 e. The van der Waals surface area contributed by atoms with Crippen LogP contribution >= 0.6 is 0 Å². The van der Waals surface area contributed by atoms with Crippen molar-refractivity contribution in [1.29, 1.82) is 0 Å².